The SMILES string of the molecule is COc1ccc(-n2nc(C(F)(F)F)c3c2C(=O)N(c2ccc(C4(CN(C)C)CCCCC4)cc2)CC3)cc1. The lowest BCUT2D eigenvalue weighted by atomic mass is 9.69. The Morgan fingerprint density at radius 1 is 0.974 bits per heavy atom. The predicted molar refractivity (Wildman–Crippen MR) is 140 cm³/mol. The number of fused-ring (bicyclic) bond motifs is 1. The lowest BCUT2D eigenvalue weighted by molar-refractivity contribution is -0.141. The molecule has 9 heteroatoms. The van der Waals surface area contributed by atoms with Crippen LogP contribution in [0.25, 0.3) is 5.69 Å². The van der Waals surface area contributed by atoms with Gasteiger partial charge in [0, 0.05) is 29.8 Å². The summed E-state index contributed by atoms with van der Waals surface area (Å²) < 4.78 is 48.0. The van der Waals surface area contributed by atoms with E-state index in [1.807, 2.05) is 12.1 Å². The molecule has 0 radical (unpaired) electrons. The standard InChI is InChI=1S/C29H33F3N4O2/c1-34(2)19-28(16-5-4-6-17-28)20-7-9-21(10-8-20)35-18-15-24-25(27(35)37)36(33-26(24)29(30,31)32)22-11-13-23(38-3)14-12-22/h7-14H,4-6,15-19H2,1-3H3. The monoisotopic (exact) mass is 526 g/mol. The summed E-state index contributed by atoms with van der Waals surface area (Å²) in [6.07, 6.45) is 1.29. The van der Waals surface area contributed by atoms with Gasteiger partial charge < -0.3 is 14.5 Å². The Morgan fingerprint density at radius 2 is 1.61 bits per heavy atom. The van der Waals surface area contributed by atoms with Crippen LogP contribution in [0.2, 0.25) is 0 Å². The quantitative estimate of drug-likeness (QED) is 0.403. The number of halogens is 3. The van der Waals surface area contributed by atoms with Gasteiger partial charge in [0.2, 0.25) is 0 Å². The van der Waals surface area contributed by atoms with Gasteiger partial charge in [0.1, 0.15) is 11.4 Å². The molecule has 0 atom stereocenters. The Hall–Kier alpha value is -3.33. The van der Waals surface area contributed by atoms with Gasteiger partial charge in [0.25, 0.3) is 5.91 Å². The van der Waals surface area contributed by atoms with Crippen LogP contribution >= 0.6 is 0 Å². The summed E-state index contributed by atoms with van der Waals surface area (Å²) in [6, 6.07) is 14.5. The van der Waals surface area contributed by atoms with Crippen molar-refractivity contribution in [1.29, 1.82) is 0 Å². The molecule has 2 aromatic carbocycles. The topological polar surface area (TPSA) is 50.6 Å². The van der Waals surface area contributed by atoms with Gasteiger partial charge >= 0.3 is 6.18 Å². The number of nitrogens with zero attached hydrogens (tertiary/aromatic N) is 4. The smallest absolute Gasteiger partial charge is 0.435 e. The summed E-state index contributed by atoms with van der Waals surface area (Å²) in [5.74, 6) is 0.0716. The summed E-state index contributed by atoms with van der Waals surface area (Å²) in [5, 5.41) is 3.88. The number of alkyl halides is 3. The molecule has 1 aliphatic heterocycles. The third kappa shape index (κ3) is 4.79. The molecule has 0 N–H and O–H groups in total. The number of methoxy groups -OCH3 is 1. The van der Waals surface area contributed by atoms with Crippen molar-refractivity contribution in [3.05, 3.63) is 71.0 Å². The summed E-state index contributed by atoms with van der Waals surface area (Å²) >= 11 is 0. The minimum absolute atomic E-state index is 0.0471. The second-order valence-corrected chi connectivity index (χ2v) is 10.6. The molecular weight excluding hydrogens is 493 g/mol. The van der Waals surface area contributed by atoms with Gasteiger partial charge in [-0.15, -0.1) is 0 Å². The molecule has 0 saturated heterocycles. The highest BCUT2D eigenvalue weighted by atomic mass is 19.4. The number of hydrogen-bond donors (Lipinski definition) is 0. The van der Waals surface area contributed by atoms with E-state index in [0.717, 1.165) is 24.1 Å². The molecule has 2 heterocycles. The number of rotatable bonds is 6. The zero-order valence-corrected chi connectivity index (χ0v) is 22.0. The third-order valence-electron chi connectivity index (χ3n) is 7.82. The number of ether oxygens (including phenoxy) is 1. The van der Waals surface area contributed by atoms with Gasteiger partial charge in [-0.1, -0.05) is 31.4 Å². The van der Waals surface area contributed by atoms with Crippen molar-refractivity contribution >= 4 is 11.6 Å². The first-order valence-corrected chi connectivity index (χ1v) is 13.0. The molecule has 1 aromatic heterocycles. The molecule has 1 saturated carbocycles. The van der Waals surface area contributed by atoms with Crippen LogP contribution in [-0.4, -0.2) is 54.9 Å². The van der Waals surface area contributed by atoms with Crippen LogP contribution in [0.1, 0.15) is 59.4 Å². The Labute approximate surface area is 221 Å². The van der Waals surface area contributed by atoms with Gasteiger partial charge in [0.15, 0.2) is 5.69 Å². The number of likely N-dealkylation sites (N-methyl/N-ethyl adjacent to an activating group) is 1. The molecule has 0 bridgehead atoms. The fourth-order valence-electron chi connectivity index (χ4n) is 6.11. The van der Waals surface area contributed by atoms with Crippen molar-refractivity contribution < 1.29 is 22.7 Å². The van der Waals surface area contributed by atoms with Crippen molar-refractivity contribution in [1.82, 2.24) is 14.7 Å². The van der Waals surface area contributed by atoms with Crippen LogP contribution in [0.4, 0.5) is 18.9 Å². The van der Waals surface area contributed by atoms with Crippen LogP contribution in [0.3, 0.4) is 0 Å². The molecule has 3 aromatic rings. The van der Waals surface area contributed by atoms with Crippen molar-refractivity contribution in [3.63, 3.8) is 0 Å². The highest BCUT2D eigenvalue weighted by Crippen LogP contribution is 2.41. The molecule has 6 nitrogen and oxygen atoms in total. The fraction of sp³-hybridized carbons (Fsp3) is 0.448. The normalized spacial score (nSPS) is 17.6. The van der Waals surface area contributed by atoms with Gasteiger partial charge in [0.05, 0.1) is 12.8 Å². The molecule has 2 aliphatic rings. The van der Waals surface area contributed by atoms with E-state index in [0.29, 0.717) is 17.1 Å². The minimum Gasteiger partial charge on any atom is -0.497 e. The predicted octanol–water partition coefficient (Wildman–Crippen LogP) is 5.87. The van der Waals surface area contributed by atoms with E-state index in [4.69, 9.17) is 4.74 Å². The Balaban J connectivity index is 1.50. The van der Waals surface area contributed by atoms with E-state index in [2.05, 4.69) is 36.2 Å². The van der Waals surface area contributed by atoms with Crippen molar-refractivity contribution in [2.45, 2.75) is 50.1 Å². The molecule has 1 amide bonds. The molecule has 1 aliphatic carbocycles. The van der Waals surface area contributed by atoms with Gasteiger partial charge in [-0.05, 0) is 75.3 Å². The average Bonchev–Trinajstić information content (AvgIpc) is 3.31. The Kier molecular flexibility index (Phi) is 6.98. The maximum absolute atomic E-state index is 13.9. The molecule has 0 spiro atoms. The van der Waals surface area contributed by atoms with E-state index < -0.39 is 17.8 Å². The van der Waals surface area contributed by atoms with E-state index >= 15 is 0 Å². The number of carbonyl (C=O) groups excluding carboxylic acids is 1. The summed E-state index contributed by atoms with van der Waals surface area (Å²) in [6.45, 7) is 1.12. The zero-order valence-electron chi connectivity index (χ0n) is 22.0. The molecular formula is C29H33F3N4O2. The first-order chi connectivity index (χ1) is 18.1. The van der Waals surface area contributed by atoms with E-state index in [1.165, 1.54) is 31.9 Å². The van der Waals surface area contributed by atoms with E-state index in [-0.39, 0.29) is 29.6 Å². The highest BCUT2D eigenvalue weighted by molar-refractivity contribution is 6.07. The van der Waals surface area contributed by atoms with E-state index in [1.54, 1.807) is 29.2 Å². The number of amides is 1. The Bertz CT molecular complexity index is 1290. The van der Waals surface area contributed by atoms with Crippen LogP contribution in [-0.2, 0) is 18.0 Å². The molecule has 38 heavy (non-hydrogen) atoms. The van der Waals surface area contributed by atoms with Gasteiger partial charge in [-0.3, -0.25) is 4.79 Å². The van der Waals surface area contributed by atoms with Crippen LogP contribution in [0.15, 0.2) is 48.5 Å². The number of carbonyl (C=O) groups is 1. The highest BCUT2D eigenvalue weighted by Gasteiger charge is 2.43. The third-order valence-corrected chi connectivity index (χ3v) is 7.82. The number of aromatic nitrogens is 2. The maximum Gasteiger partial charge on any atom is 0.435 e. The average molecular weight is 527 g/mol. The van der Waals surface area contributed by atoms with Crippen molar-refractivity contribution in [3.8, 4) is 11.4 Å². The number of benzene rings is 2. The lowest BCUT2D eigenvalue weighted by Gasteiger charge is -2.40. The largest absolute Gasteiger partial charge is 0.497 e. The fourth-order valence-corrected chi connectivity index (χ4v) is 6.11. The molecule has 1 fully saturated rings. The van der Waals surface area contributed by atoms with Crippen LogP contribution in [0.5, 0.6) is 5.75 Å². The van der Waals surface area contributed by atoms with Crippen LogP contribution in [0, 0.1) is 0 Å². The Morgan fingerprint density at radius 3 is 2.18 bits per heavy atom. The van der Waals surface area contributed by atoms with Crippen LogP contribution < -0.4 is 9.64 Å². The summed E-state index contributed by atoms with van der Waals surface area (Å²) in [7, 11) is 5.70. The molecule has 202 valence electrons. The summed E-state index contributed by atoms with van der Waals surface area (Å²) in [4.78, 5) is 17.5. The first-order valence-electron chi connectivity index (χ1n) is 13.0. The van der Waals surface area contributed by atoms with Gasteiger partial charge in [-0.2, -0.15) is 18.3 Å². The maximum atomic E-state index is 13.9. The van der Waals surface area contributed by atoms with Crippen molar-refractivity contribution in [2.24, 2.45) is 0 Å². The minimum atomic E-state index is -4.66. The lowest BCUT2D eigenvalue weighted by Crippen LogP contribution is -2.40. The molecule has 0 unspecified atom stereocenters. The second-order valence-electron chi connectivity index (χ2n) is 10.6. The first kappa shape index (κ1) is 26.3. The second kappa shape index (κ2) is 10.1. The molecule has 5 rings (SSSR count). The van der Waals surface area contributed by atoms with Crippen molar-refractivity contribution in [2.75, 3.05) is 39.2 Å². The zero-order chi connectivity index (χ0) is 27.1. The van der Waals surface area contributed by atoms with Gasteiger partial charge in [-0.25, -0.2) is 4.68 Å². The summed E-state index contributed by atoms with van der Waals surface area (Å²) in [5.41, 5.74) is 1.26. The van der Waals surface area contributed by atoms with E-state index in [9.17, 15) is 18.0 Å². The number of hydrogen-bond acceptors (Lipinski definition) is 4. The number of anilines is 1.